The minimum absolute atomic E-state index is 0.187. The zero-order valence-corrected chi connectivity index (χ0v) is 11.2. The van der Waals surface area contributed by atoms with Gasteiger partial charge in [0.05, 0.1) is 16.8 Å². The van der Waals surface area contributed by atoms with Crippen molar-refractivity contribution in [1.82, 2.24) is 9.97 Å². The van der Waals surface area contributed by atoms with Gasteiger partial charge in [0.1, 0.15) is 11.6 Å². The summed E-state index contributed by atoms with van der Waals surface area (Å²) in [4.78, 5) is 16.7. The lowest BCUT2D eigenvalue weighted by Gasteiger charge is -2.15. The van der Waals surface area contributed by atoms with E-state index >= 15 is 0 Å². The van der Waals surface area contributed by atoms with Crippen molar-refractivity contribution >= 4 is 0 Å². The van der Waals surface area contributed by atoms with Gasteiger partial charge in [0, 0.05) is 12.1 Å². The Kier molecular flexibility index (Phi) is 4.01. The molecule has 22 heavy (non-hydrogen) atoms. The van der Waals surface area contributed by atoms with Crippen LogP contribution < -0.4 is 11.3 Å². The third-order valence-corrected chi connectivity index (χ3v) is 3.01. The molecule has 0 atom stereocenters. The predicted octanol–water partition coefficient (Wildman–Crippen LogP) is 2.50. The number of hydrogen-bond donors (Lipinski definition) is 2. The van der Waals surface area contributed by atoms with E-state index in [1.54, 1.807) is 0 Å². The van der Waals surface area contributed by atoms with Crippen LogP contribution in [0.5, 0.6) is 0 Å². The first-order chi connectivity index (χ1) is 10.2. The van der Waals surface area contributed by atoms with E-state index in [1.165, 1.54) is 0 Å². The summed E-state index contributed by atoms with van der Waals surface area (Å²) in [6.07, 6.45) is -4.88. The van der Waals surface area contributed by atoms with Crippen LogP contribution in [0.15, 0.2) is 16.9 Å². The molecule has 0 fully saturated rings. The molecule has 1 aromatic carbocycles. The van der Waals surface area contributed by atoms with Crippen LogP contribution in [-0.4, -0.2) is 9.97 Å². The molecule has 1 aromatic heterocycles. The number of alkyl halides is 3. The van der Waals surface area contributed by atoms with Gasteiger partial charge in [-0.15, -0.1) is 0 Å². The van der Waals surface area contributed by atoms with Gasteiger partial charge >= 0.3 is 6.18 Å². The Morgan fingerprint density at radius 2 is 1.86 bits per heavy atom. The van der Waals surface area contributed by atoms with Gasteiger partial charge in [-0.3, -0.25) is 4.79 Å². The molecule has 2 aromatic rings. The number of rotatable bonds is 2. The number of aromatic nitrogens is 2. The van der Waals surface area contributed by atoms with Gasteiger partial charge in [-0.25, -0.2) is 9.37 Å². The largest absolute Gasteiger partial charge is 0.417 e. The maximum Gasteiger partial charge on any atom is 0.417 e. The Morgan fingerprint density at radius 1 is 1.23 bits per heavy atom. The van der Waals surface area contributed by atoms with Crippen LogP contribution >= 0.6 is 0 Å². The normalized spacial score (nSPS) is 11.8. The molecule has 1 heterocycles. The fraction of sp³-hybridized carbons (Fsp3) is 0.231. The summed E-state index contributed by atoms with van der Waals surface area (Å²) < 4.78 is 66.7. The molecular formula is C13H10F5N3O. The van der Waals surface area contributed by atoms with Crippen molar-refractivity contribution in [3.8, 4) is 11.4 Å². The average Bonchev–Trinajstić information content (AvgIpc) is 2.42. The number of benzene rings is 1. The number of nitrogens with two attached hydrogens (primary N) is 1. The van der Waals surface area contributed by atoms with Crippen molar-refractivity contribution in [2.75, 3.05) is 0 Å². The molecule has 0 unspecified atom stereocenters. The van der Waals surface area contributed by atoms with Gasteiger partial charge in [0.25, 0.3) is 5.56 Å². The van der Waals surface area contributed by atoms with Crippen molar-refractivity contribution in [3.63, 3.8) is 0 Å². The molecule has 3 N–H and O–H groups in total. The summed E-state index contributed by atoms with van der Waals surface area (Å²) in [6, 6.07) is 1.54. The molecular weight excluding hydrogens is 309 g/mol. The van der Waals surface area contributed by atoms with Crippen LogP contribution in [0.2, 0.25) is 0 Å². The van der Waals surface area contributed by atoms with Gasteiger partial charge in [-0.05, 0) is 13.0 Å². The van der Waals surface area contributed by atoms with Crippen molar-refractivity contribution in [2.24, 2.45) is 5.73 Å². The number of nitrogens with one attached hydrogen (secondary N) is 1. The van der Waals surface area contributed by atoms with E-state index in [2.05, 4.69) is 4.98 Å². The van der Waals surface area contributed by atoms with Crippen molar-refractivity contribution in [3.05, 3.63) is 50.9 Å². The summed E-state index contributed by atoms with van der Waals surface area (Å²) in [6.45, 7) is 0.743. The highest BCUT2D eigenvalue weighted by Crippen LogP contribution is 2.38. The van der Waals surface area contributed by atoms with E-state index in [0.717, 1.165) is 13.0 Å². The van der Waals surface area contributed by atoms with Gasteiger partial charge < -0.3 is 10.7 Å². The van der Waals surface area contributed by atoms with E-state index in [9.17, 15) is 26.7 Å². The number of hydrogen-bond acceptors (Lipinski definition) is 3. The number of H-pyrrole nitrogens is 1. The summed E-state index contributed by atoms with van der Waals surface area (Å²) in [5.41, 5.74) is 1.06. The van der Waals surface area contributed by atoms with Crippen LogP contribution in [0.3, 0.4) is 0 Å². The van der Waals surface area contributed by atoms with Crippen LogP contribution in [0.1, 0.15) is 16.8 Å². The Balaban J connectivity index is 2.86. The van der Waals surface area contributed by atoms with Crippen molar-refractivity contribution in [2.45, 2.75) is 19.6 Å². The highest BCUT2D eigenvalue weighted by molar-refractivity contribution is 5.63. The molecule has 0 saturated carbocycles. The quantitative estimate of drug-likeness (QED) is 0.836. The highest BCUT2D eigenvalue weighted by atomic mass is 19.4. The second-order valence-corrected chi connectivity index (χ2v) is 4.48. The van der Waals surface area contributed by atoms with E-state index in [1.807, 2.05) is 4.98 Å². The molecule has 0 aliphatic rings. The topological polar surface area (TPSA) is 71.8 Å². The zero-order valence-electron chi connectivity index (χ0n) is 11.2. The molecule has 9 heteroatoms. The third-order valence-electron chi connectivity index (χ3n) is 3.01. The second kappa shape index (κ2) is 5.48. The van der Waals surface area contributed by atoms with Gasteiger partial charge in [0.15, 0.2) is 0 Å². The summed E-state index contributed by atoms with van der Waals surface area (Å²) >= 11 is 0. The SMILES string of the molecule is Cc1nc(-c2c(C(F)(F)F)ccc(CN)c2F)[nH]c(=O)c1F. The second-order valence-electron chi connectivity index (χ2n) is 4.48. The molecule has 0 saturated heterocycles. The fourth-order valence-corrected chi connectivity index (χ4v) is 1.93. The molecule has 0 aliphatic heterocycles. The molecule has 0 amide bonds. The Morgan fingerprint density at radius 3 is 2.36 bits per heavy atom. The lowest BCUT2D eigenvalue weighted by atomic mass is 10.0. The smallest absolute Gasteiger partial charge is 0.326 e. The van der Waals surface area contributed by atoms with Crippen molar-refractivity contribution in [1.29, 1.82) is 0 Å². The molecule has 0 radical (unpaired) electrons. The molecule has 118 valence electrons. The number of aryl methyl sites for hydroxylation is 1. The van der Waals surface area contributed by atoms with E-state index in [0.29, 0.717) is 6.07 Å². The van der Waals surface area contributed by atoms with Crippen LogP contribution in [0.25, 0.3) is 11.4 Å². The molecule has 2 rings (SSSR count). The fourth-order valence-electron chi connectivity index (χ4n) is 1.93. The first-order valence-corrected chi connectivity index (χ1v) is 6.02. The van der Waals surface area contributed by atoms with E-state index < -0.39 is 46.0 Å². The average molecular weight is 319 g/mol. The summed E-state index contributed by atoms with van der Waals surface area (Å²) in [5.74, 6) is -3.21. The third kappa shape index (κ3) is 2.71. The summed E-state index contributed by atoms with van der Waals surface area (Å²) in [5, 5.41) is 0. The molecule has 0 bridgehead atoms. The van der Waals surface area contributed by atoms with Crippen LogP contribution in [-0.2, 0) is 12.7 Å². The maximum absolute atomic E-state index is 14.3. The van der Waals surface area contributed by atoms with Crippen molar-refractivity contribution < 1.29 is 22.0 Å². The predicted molar refractivity (Wildman–Crippen MR) is 67.8 cm³/mol. The highest BCUT2D eigenvalue weighted by Gasteiger charge is 2.36. The lowest BCUT2D eigenvalue weighted by molar-refractivity contribution is -0.137. The van der Waals surface area contributed by atoms with Crippen LogP contribution in [0.4, 0.5) is 22.0 Å². The summed E-state index contributed by atoms with van der Waals surface area (Å²) in [7, 11) is 0. The Labute approximate surface area is 120 Å². The number of aromatic amines is 1. The monoisotopic (exact) mass is 319 g/mol. The first-order valence-electron chi connectivity index (χ1n) is 6.02. The van der Waals surface area contributed by atoms with Gasteiger partial charge in [-0.1, -0.05) is 6.07 Å². The Hall–Kier alpha value is -2.29. The molecule has 4 nitrogen and oxygen atoms in total. The lowest BCUT2D eigenvalue weighted by Crippen LogP contribution is -2.18. The van der Waals surface area contributed by atoms with Gasteiger partial charge in [-0.2, -0.15) is 17.6 Å². The van der Waals surface area contributed by atoms with E-state index in [4.69, 9.17) is 5.73 Å². The first kappa shape index (κ1) is 16.1. The Bertz CT molecular complexity index is 782. The van der Waals surface area contributed by atoms with E-state index in [-0.39, 0.29) is 12.1 Å². The van der Waals surface area contributed by atoms with Crippen LogP contribution in [0, 0.1) is 18.6 Å². The minimum Gasteiger partial charge on any atom is -0.326 e. The number of halogens is 5. The number of nitrogens with zero attached hydrogens (tertiary/aromatic N) is 1. The van der Waals surface area contributed by atoms with Gasteiger partial charge in [0.2, 0.25) is 5.82 Å². The molecule has 0 spiro atoms. The standard InChI is InChI=1S/C13H10F5N3O/c1-5-9(14)12(22)21-11(20-5)8-7(13(16,17)18)3-2-6(4-19)10(8)15/h2-3H,4,19H2,1H3,(H,20,21,22). The molecule has 0 aliphatic carbocycles. The zero-order chi connectivity index (χ0) is 16.7. The maximum atomic E-state index is 14.3. The minimum atomic E-state index is -4.88.